The van der Waals surface area contributed by atoms with Crippen LogP contribution in [-0.2, 0) is 16.4 Å². The van der Waals surface area contributed by atoms with Gasteiger partial charge in [-0.05, 0) is 24.1 Å². The highest BCUT2D eigenvalue weighted by Crippen LogP contribution is 2.25. The van der Waals surface area contributed by atoms with Gasteiger partial charge >= 0.3 is 0 Å². The van der Waals surface area contributed by atoms with Gasteiger partial charge in [0.1, 0.15) is 12.1 Å². The van der Waals surface area contributed by atoms with Gasteiger partial charge in [0, 0.05) is 0 Å². The third-order valence-electron chi connectivity index (χ3n) is 4.42. The van der Waals surface area contributed by atoms with Crippen molar-refractivity contribution in [2.24, 2.45) is 0 Å². The van der Waals surface area contributed by atoms with Gasteiger partial charge in [-0.25, -0.2) is 22.8 Å². The highest BCUT2D eigenvalue weighted by Gasteiger charge is 2.30. The lowest BCUT2D eigenvalue weighted by atomic mass is 10.2. The van der Waals surface area contributed by atoms with E-state index in [1.165, 1.54) is 29.4 Å². The maximum Gasteiger partial charge on any atom is 0.281 e. The number of nitrogens with zero attached hydrogens (tertiary/aromatic N) is 4. The molecular weight excluding hydrogens is 347 g/mol. The molecule has 0 radical (unpaired) electrons. The Balaban J connectivity index is 1.70. The summed E-state index contributed by atoms with van der Waals surface area (Å²) in [5.74, 6) is -0.160. The molecule has 1 aliphatic heterocycles. The molecule has 0 N–H and O–H groups in total. The van der Waals surface area contributed by atoms with Crippen LogP contribution in [0.4, 0.5) is 4.39 Å². The Morgan fingerprint density at radius 3 is 2.60 bits per heavy atom. The molecule has 3 heterocycles. The fourth-order valence-corrected chi connectivity index (χ4v) is 4.82. The first kappa shape index (κ1) is 15.9. The molecule has 0 amide bonds. The van der Waals surface area contributed by atoms with E-state index in [1.807, 2.05) is 0 Å². The predicted octanol–water partition coefficient (Wildman–Crippen LogP) is 1.14. The first-order chi connectivity index (χ1) is 11.9. The molecule has 1 atom stereocenters. The van der Waals surface area contributed by atoms with Gasteiger partial charge in [0.25, 0.3) is 5.56 Å². The van der Waals surface area contributed by atoms with E-state index in [0.717, 1.165) is 5.56 Å². The van der Waals surface area contributed by atoms with Crippen molar-refractivity contribution in [2.75, 3.05) is 11.5 Å². The number of hydrogen-bond donors (Lipinski definition) is 0. The first-order valence-electron chi connectivity index (χ1n) is 7.80. The summed E-state index contributed by atoms with van der Waals surface area (Å²) >= 11 is 0. The second-order valence-electron chi connectivity index (χ2n) is 6.19. The third-order valence-corrected chi connectivity index (χ3v) is 6.17. The number of rotatable bonds is 3. The van der Waals surface area contributed by atoms with Crippen LogP contribution in [-0.4, -0.2) is 39.0 Å². The monoisotopic (exact) mass is 362 g/mol. The van der Waals surface area contributed by atoms with Crippen LogP contribution in [0.25, 0.3) is 11.2 Å². The van der Waals surface area contributed by atoms with Crippen molar-refractivity contribution in [2.45, 2.75) is 19.0 Å². The Bertz CT molecular complexity index is 1100. The average molecular weight is 362 g/mol. The first-order valence-corrected chi connectivity index (χ1v) is 9.62. The van der Waals surface area contributed by atoms with Crippen LogP contribution in [0.2, 0.25) is 0 Å². The van der Waals surface area contributed by atoms with E-state index < -0.39 is 9.84 Å². The van der Waals surface area contributed by atoms with Crippen molar-refractivity contribution in [3.05, 3.63) is 58.7 Å². The Morgan fingerprint density at radius 1 is 1.16 bits per heavy atom. The van der Waals surface area contributed by atoms with E-state index in [-0.39, 0.29) is 41.0 Å². The number of halogens is 1. The van der Waals surface area contributed by atoms with Crippen LogP contribution in [0.15, 0.2) is 41.7 Å². The molecule has 2 aromatic heterocycles. The Labute approximate surface area is 142 Å². The minimum Gasteiger partial charge on any atom is -0.311 e. The lowest BCUT2D eigenvalue weighted by Crippen LogP contribution is -2.22. The molecule has 130 valence electrons. The van der Waals surface area contributed by atoms with Crippen LogP contribution in [0.3, 0.4) is 0 Å². The Hall–Kier alpha value is -2.55. The molecule has 25 heavy (non-hydrogen) atoms. The minimum absolute atomic E-state index is 0.0405. The summed E-state index contributed by atoms with van der Waals surface area (Å²) in [4.78, 5) is 21.1. The molecule has 0 aliphatic carbocycles. The van der Waals surface area contributed by atoms with Gasteiger partial charge in [-0.3, -0.25) is 9.36 Å². The van der Waals surface area contributed by atoms with Crippen LogP contribution >= 0.6 is 0 Å². The molecule has 1 fully saturated rings. The quantitative estimate of drug-likeness (QED) is 0.697. The number of sulfone groups is 1. The number of imidazole rings is 1. The van der Waals surface area contributed by atoms with Crippen molar-refractivity contribution >= 4 is 21.0 Å². The molecule has 0 unspecified atom stereocenters. The lowest BCUT2D eigenvalue weighted by Gasteiger charge is -2.10. The van der Waals surface area contributed by atoms with Gasteiger partial charge in [-0.1, -0.05) is 12.1 Å². The third kappa shape index (κ3) is 2.95. The summed E-state index contributed by atoms with van der Waals surface area (Å²) in [5.41, 5.74) is 1.05. The van der Waals surface area contributed by atoms with Crippen LogP contribution in [0.5, 0.6) is 0 Å². The zero-order chi connectivity index (χ0) is 17.6. The molecule has 1 saturated heterocycles. The smallest absolute Gasteiger partial charge is 0.281 e. The van der Waals surface area contributed by atoms with Crippen molar-refractivity contribution in [1.82, 2.24) is 19.1 Å². The van der Waals surface area contributed by atoms with Gasteiger partial charge in [0.15, 0.2) is 21.0 Å². The van der Waals surface area contributed by atoms with Gasteiger partial charge in [0.05, 0.1) is 30.4 Å². The van der Waals surface area contributed by atoms with Crippen molar-refractivity contribution in [1.29, 1.82) is 0 Å². The van der Waals surface area contributed by atoms with E-state index >= 15 is 0 Å². The van der Waals surface area contributed by atoms with Crippen LogP contribution < -0.4 is 5.56 Å². The Morgan fingerprint density at radius 2 is 1.92 bits per heavy atom. The second-order valence-corrected chi connectivity index (χ2v) is 8.41. The summed E-state index contributed by atoms with van der Waals surface area (Å²) in [6, 6.07) is 5.64. The fraction of sp³-hybridized carbons (Fsp3) is 0.312. The number of hydrogen-bond acceptors (Lipinski definition) is 5. The molecule has 9 heteroatoms. The molecular formula is C16H15FN4O3S. The van der Waals surface area contributed by atoms with Gasteiger partial charge in [-0.15, -0.1) is 0 Å². The zero-order valence-corrected chi connectivity index (χ0v) is 14.0. The zero-order valence-electron chi connectivity index (χ0n) is 13.2. The van der Waals surface area contributed by atoms with E-state index in [1.54, 1.807) is 16.7 Å². The normalized spacial score (nSPS) is 19.5. The largest absolute Gasteiger partial charge is 0.311 e. The number of benzene rings is 1. The molecule has 0 spiro atoms. The van der Waals surface area contributed by atoms with Gasteiger partial charge in [-0.2, -0.15) is 0 Å². The maximum atomic E-state index is 13.0. The van der Waals surface area contributed by atoms with E-state index in [4.69, 9.17) is 0 Å². The van der Waals surface area contributed by atoms with Crippen molar-refractivity contribution in [3.63, 3.8) is 0 Å². The van der Waals surface area contributed by atoms with E-state index in [9.17, 15) is 17.6 Å². The second kappa shape index (κ2) is 5.76. The molecule has 1 aromatic carbocycles. The summed E-state index contributed by atoms with van der Waals surface area (Å²) in [6.07, 6.45) is 3.39. The fourth-order valence-electron chi connectivity index (χ4n) is 3.11. The number of fused-ring (bicyclic) bond motifs is 1. The van der Waals surface area contributed by atoms with Gasteiger partial charge in [0.2, 0.25) is 0 Å². The summed E-state index contributed by atoms with van der Waals surface area (Å²) in [7, 11) is -3.04. The highest BCUT2D eigenvalue weighted by molar-refractivity contribution is 7.91. The highest BCUT2D eigenvalue weighted by atomic mass is 32.2. The van der Waals surface area contributed by atoms with Crippen molar-refractivity contribution in [3.8, 4) is 0 Å². The molecule has 0 saturated carbocycles. The maximum absolute atomic E-state index is 13.0. The minimum atomic E-state index is -3.04. The topological polar surface area (TPSA) is 86.8 Å². The predicted molar refractivity (Wildman–Crippen MR) is 89.6 cm³/mol. The lowest BCUT2D eigenvalue weighted by molar-refractivity contribution is 0.564. The summed E-state index contributed by atoms with van der Waals surface area (Å²) in [5, 5.41) is 0. The molecule has 7 nitrogen and oxygen atoms in total. The van der Waals surface area contributed by atoms with Crippen molar-refractivity contribution < 1.29 is 12.8 Å². The summed E-state index contributed by atoms with van der Waals surface area (Å²) < 4.78 is 39.4. The van der Waals surface area contributed by atoms with Gasteiger partial charge < -0.3 is 4.57 Å². The standard InChI is InChI=1S/C16H15FN4O3S/c17-12-3-1-11(2-4-12)7-20-9-19-15-14(16(20)22)18-10-21(15)13-5-6-25(23,24)8-13/h1-4,9-10,13H,5-8H2/t13-/m1/s1. The molecule has 1 aliphatic rings. The Kier molecular flexibility index (Phi) is 3.68. The molecule has 4 rings (SSSR count). The van der Waals surface area contributed by atoms with E-state index in [0.29, 0.717) is 12.1 Å². The summed E-state index contributed by atoms with van der Waals surface area (Å²) in [6.45, 7) is 0.257. The van der Waals surface area contributed by atoms with Crippen LogP contribution in [0.1, 0.15) is 18.0 Å². The van der Waals surface area contributed by atoms with E-state index in [2.05, 4.69) is 9.97 Å². The average Bonchev–Trinajstić information content (AvgIpc) is 3.15. The number of aromatic nitrogens is 4. The molecule has 3 aromatic rings. The van der Waals surface area contributed by atoms with Crippen LogP contribution in [0, 0.1) is 5.82 Å². The SMILES string of the molecule is O=c1c2ncn([C@@H]3CCS(=O)(=O)C3)c2ncn1Cc1ccc(F)cc1. The molecule has 0 bridgehead atoms.